The minimum absolute atomic E-state index is 0.205. The fourth-order valence-electron chi connectivity index (χ4n) is 2.77. The number of nitrogens with one attached hydrogen (secondary N) is 1. The average Bonchev–Trinajstić information content (AvgIpc) is 2.43. The summed E-state index contributed by atoms with van der Waals surface area (Å²) < 4.78 is 0. The Kier molecular flexibility index (Phi) is 4.46. The minimum Gasteiger partial charge on any atom is -0.481 e. The lowest BCUT2D eigenvalue weighted by atomic mass is 9.76. The molecule has 0 unspecified atom stereocenters. The van der Waals surface area contributed by atoms with E-state index in [-0.39, 0.29) is 5.91 Å². The molecule has 21 heavy (non-hydrogen) atoms. The van der Waals surface area contributed by atoms with E-state index in [1.54, 1.807) is 0 Å². The number of hydrogen-bond acceptors (Lipinski definition) is 2. The maximum atomic E-state index is 12.5. The predicted octanol–water partition coefficient (Wildman–Crippen LogP) is 3.38. The Morgan fingerprint density at radius 1 is 1.05 bits per heavy atom. The van der Waals surface area contributed by atoms with Gasteiger partial charge in [0, 0.05) is 5.69 Å². The fraction of sp³-hybridized carbons (Fsp3) is 0.412. The van der Waals surface area contributed by atoms with Crippen LogP contribution in [0.15, 0.2) is 35.4 Å². The second-order valence-corrected chi connectivity index (χ2v) is 5.82. The molecule has 0 aromatic heterocycles. The summed E-state index contributed by atoms with van der Waals surface area (Å²) in [7, 11) is 0. The van der Waals surface area contributed by atoms with Crippen LogP contribution in [0.4, 0.5) is 5.69 Å². The maximum absolute atomic E-state index is 12.5. The van der Waals surface area contributed by atoms with Crippen LogP contribution in [0.5, 0.6) is 0 Å². The van der Waals surface area contributed by atoms with Gasteiger partial charge in [0.05, 0.1) is 11.8 Å². The highest BCUT2D eigenvalue weighted by Crippen LogP contribution is 2.35. The van der Waals surface area contributed by atoms with Gasteiger partial charge in [-0.2, -0.15) is 0 Å². The first-order valence-electron chi connectivity index (χ1n) is 7.14. The normalized spacial score (nSPS) is 22.0. The van der Waals surface area contributed by atoms with Gasteiger partial charge >= 0.3 is 5.97 Å². The van der Waals surface area contributed by atoms with Crippen molar-refractivity contribution < 1.29 is 14.7 Å². The SMILES string of the molecule is CC1=C(C)C[C@@H](C(=O)Nc2ccccc2C)[C@H](C(=O)O)C1. The topological polar surface area (TPSA) is 66.4 Å². The van der Waals surface area contributed by atoms with Crippen molar-refractivity contribution in [2.24, 2.45) is 11.8 Å². The first-order valence-corrected chi connectivity index (χ1v) is 7.14. The molecule has 112 valence electrons. The molecule has 4 nitrogen and oxygen atoms in total. The predicted molar refractivity (Wildman–Crippen MR) is 82.0 cm³/mol. The number of amides is 1. The Hall–Kier alpha value is -2.10. The highest BCUT2D eigenvalue weighted by Gasteiger charge is 2.37. The van der Waals surface area contributed by atoms with Crippen LogP contribution in [0.25, 0.3) is 0 Å². The van der Waals surface area contributed by atoms with Crippen LogP contribution in [0.3, 0.4) is 0 Å². The summed E-state index contributed by atoms with van der Waals surface area (Å²) in [6.07, 6.45) is 0.966. The zero-order chi connectivity index (χ0) is 15.6. The minimum atomic E-state index is -0.896. The van der Waals surface area contributed by atoms with Gasteiger partial charge in [-0.15, -0.1) is 0 Å². The number of aryl methyl sites for hydroxylation is 1. The molecule has 2 rings (SSSR count). The molecule has 1 amide bonds. The summed E-state index contributed by atoms with van der Waals surface area (Å²) in [4.78, 5) is 23.9. The van der Waals surface area contributed by atoms with Gasteiger partial charge < -0.3 is 10.4 Å². The van der Waals surface area contributed by atoms with E-state index in [0.717, 1.165) is 22.4 Å². The standard InChI is InChI=1S/C17H21NO3/c1-10-6-4-5-7-15(10)18-16(19)13-8-11(2)12(3)9-14(13)17(20)21/h4-7,13-14H,8-9H2,1-3H3,(H,18,19)(H,20,21)/t13-,14-/m1/s1. The number of benzene rings is 1. The molecule has 1 aromatic rings. The van der Waals surface area contributed by atoms with Crippen LogP contribution in [0, 0.1) is 18.8 Å². The fourth-order valence-corrected chi connectivity index (χ4v) is 2.77. The Morgan fingerprint density at radius 2 is 1.62 bits per heavy atom. The Morgan fingerprint density at radius 3 is 2.19 bits per heavy atom. The second kappa shape index (κ2) is 6.12. The van der Waals surface area contributed by atoms with Crippen LogP contribution in [0.1, 0.15) is 32.3 Å². The number of aliphatic carboxylic acids is 1. The number of carboxylic acids is 1. The Labute approximate surface area is 124 Å². The smallest absolute Gasteiger partial charge is 0.307 e. The van der Waals surface area contributed by atoms with E-state index < -0.39 is 17.8 Å². The van der Waals surface area contributed by atoms with E-state index in [0.29, 0.717) is 12.8 Å². The summed E-state index contributed by atoms with van der Waals surface area (Å²) in [6, 6.07) is 7.51. The maximum Gasteiger partial charge on any atom is 0.307 e. The third kappa shape index (κ3) is 3.32. The monoisotopic (exact) mass is 287 g/mol. The lowest BCUT2D eigenvalue weighted by Gasteiger charge is -2.29. The summed E-state index contributed by atoms with van der Waals surface area (Å²) in [5.74, 6) is -2.25. The third-order valence-electron chi connectivity index (χ3n) is 4.32. The highest BCUT2D eigenvalue weighted by molar-refractivity contribution is 5.96. The van der Waals surface area contributed by atoms with Crippen molar-refractivity contribution in [1.29, 1.82) is 0 Å². The molecule has 0 bridgehead atoms. The molecule has 1 aliphatic carbocycles. The summed E-state index contributed by atoms with van der Waals surface area (Å²) in [6.45, 7) is 5.84. The van der Waals surface area contributed by atoms with Gasteiger partial charge in [-0.05, 0) is 45.2 Å². The molecule has 4 heteroatoms. The quantitative estimate of drug-likeness (QED) is 0.837. The van der Waals surface area contributed by atoms with Crippen LogP contribution >= 0.6 is 0 Å². The number of carbonyl (C=O) groups excluding carboxylic acids is 1. The molecule has 2 atom stereocenters. The van der Waals surface area contributed by atoms with Crippen LogP contribution in [0.2, 0.25) is 0 Å². The van der Waals surface area contributed by atoms with Gasteiger partial charge in [-0.3, -0.25) is 9.59 Å². The average molecular weight is 287 g/mol. The van der Waals surface area contributed by atoms with E-state index in [9.17, 15) is 14.7 Å². The first kappa shape index (κ1) is 15.3. The first-order chi connectivity index (χ1) is 9.90. The van der Waals surface area contributed by atoms with Crippen molar-refractivity contribution in [3.63, 3.8) is 0 Å². The van der Waals surface area contributed by atoms with E-state index >= 15 is 0 Å². The summed E-state index contributed by atoms with van der Waals surface area (Å²) >= 11 is 0. The molecule has 1 aliphatic rings. The van der Waals surface area contributed by atoms with Gasteiger partial charge in [0.25, 0.3) is 0 Å². The molecule has 0 saturated heterocycles. The van der Waals surface area contributed by atoms with Crippen molar-refractivity contribution in [3.8, 4) is 0 Å². The van der Waals surface area contributed by atoms with Crippen LogP contribution in [-0.2, 0) is 9.59 Å². The molecule has 0 spiro atoms. The molecular weight excluding hydrogens is 266 g/mol. The number of para-hydroxylation sites is 1. The second-order valence-electron chi connectivity index (χ2n) is 5.82. The molecule has 0 saturated carbocycles. The van der Waals surface area contributed by atoms with E-state index in [4.69, 9.17) is 0 Å². The van der Waals surface area contributed by atoms with Crippen molar-refractivity contribution in [1.82, 2.24) is 0 Å². The van der Waals surface area contributed by atoms with Crippen molar-refractivity contribution >= 4 is 17.6 Å². The molecular formula is C17H21NO3. The number of carbonyl (C=O) groups is 2. The number of carboxylic acid groups (broad SMARTS) is 1. The van der Waals surface area contributed by atoms with Gasteiger partial charge in [0.15, 0.2) is 0 Å². The van der Waals surface area contributed by atoms with Crippen LogP contribution in [-0.4, -0.2) is 17.0 Å². The van der Waals surface area contributed by atoms with E-state index in [2.05, 4.69) is 5.32 Å². The molecule has 0 aliphatic heterocycles. The van der Waals surface area contributed by atoms with Crippen molar-refractivity contribution in [3.05, 3.63) is 41.0 Å². The van der Waals surface area contributed by atoms with Crippen molar-refractivity contribution in [2.75, 3.05) is 5.32 Å². The van der Waals surface area contributed by atoms with Gasteiger partial charge in [-0.1, -0.05) is 29.3 Å². The number of hydrogen-bond donors (Lipinski definition) is 2. The molecule has 0 radical (unpaired) electrons. The number of allylic oxidation sites excluding steroid dienone is 2. The molecule has 2 N–H and O–H groups in total. The van der Waals surface area contributed by atoms with Crippen molar-refractivity contribution in [2.45, 2.75) is 33.6 Å². The number of rotatable bonds is 3. The zero-order valence-corrected chi connectivity index (χ0v) is 12.6. The van der Waals surface area contributed by atoms with Gasteiger partial charge in [-0.25, -0.2) is 0 Å². The van der Waals surface area contributed by atoms with Crippen LogP contribution < -0.4 is 5.32 Å². The number of anilines is 1. The highest BCUT2D eigenvalue weighted by atomic mass is 16.4. The van der Waals surface area contributed by atoms with E-state index in [1.807, 2.05) is 45.0 Å². The van der Waals surface area contributed by atoms with E-state index in [1.165, 1.54) is 0 Å². The largest absolute Gasteiger partial charge is 0.481 e. The molecule has 0 heterocycles. The lowest BCUT2D eigenvalue weighted by molar-refractivity contribution is -0.146. The molecule has 1 aromatic carbocycles. The lowest BCUT2D eigenvalue weighted by Crippen LogP contribution is -2.36. The summed E-state index contributed by atoms with van der Waals surface area (Å²) in [5.41, 5.74) is 3.92. The third-order valence-corrected chi connectivity index (χ3v) is 4.32. The molecule has 0 fully saturated rings. The zero-order valence-electron chi connectivity index (χ0n) is 12.6. The Balaban J connectivity index is 2.21. The van der Waals surface area contributed by atoms with Gasteiger partial charge in [0.1, 0.15) is 0 Å². The Bertz CT molecular complexity index is 604. The summed E-state index contributed by atoms with van der Waals surface area (Å²) in [5, 5.41) is 12.3. The van der Waals surface area contributed by atoms with Gasteiger partial charge in [0.2, 0.25) is 5.91 Å².